The van der Waals surface area contributed by atoms with Gasteiger partial charge in [-0.05, 0) is 23.3 Å². The molecule has 0 saturated heterocycles. The lowest BCUT2D eigenvalue weighted by Gasteiger charge is -2.07. The van der Waals surface area contributed by atoms with Crippen molar-refractivity contribution in [3.05, 3.63) is 54.1 Å². The molecule has 0 bridgehead atoms. The van der Waals surface area contributed by atoms with Crippen molar-refractivity contribution in [3.63, 3.8) is 0 Å². The molecule has 0 aromatic heterocycles. The monoisotopic (exact) mass is 169 g/mol. The highest BCUT2D eigenvalue weighted by atomic mass is 16.1. The minimum Gasteiger partial charge on any atom is -0.294 e. The summed E-state index contributed by atoms with van der Waals surface area (Å²) in [5, 5.41) is 0. The van der Waals surface area contributed by atoms with Crippen LogP contribution in [-0.2, 0) is 4.79 Å². The van der Waals surface area contributed by atoms with Crippen LogP contribution in [0.2, 0.25) is 0 Å². The molecule has 1 nitrogen and oxygen atoms in total. The highest BCUT2D eigenvalue weighted by Crippen LogP contribution is 2.20. The van der Waals surface area contributed by atoms with E-state index in [9.17, 15) is 4.79 Å². The number of hydrogen-bond donors (Lipinski definition) is 0. The van der Waals surface area contributed by atoms with Gasteiger partial charge in [0.15, 0.2) is 5.78 Å². The van der Waals surface area contributed by atoms with E-state index in [2.05, 4.69) is 6.07 Å². The van der Waals surface area contributed by atoms with E-state index in [4.69, 9.17) is 0 Å². The van der Waals surface area contributed by atoms with Gasteiger partial charge in [-0.2, -0.15) is 0 Å². The number of rotatable bonds is 1. The minimum absolute atomic E-state index is 0.172. The zero-order chi connectivity index (χ0) is 9.10. The molecule has 0 fully saturated rings. The lowest BCUT2D eigenvalue weighted by molar-refractivity contribution is -0.113. The summed E-state index contributed by atoms with van der Waals surface area (Å²) in [5.74, 6) is 0.172. The maximum absolute atomic E-state index is 11.1. The van der Waals surface area contributed by atoms with Crippen molar-refractivity contribution < 1.29 is 4.79 Å². The second-order valence-corrected chi connectivity index (χ2v) is 2.98. The molecule has 0 unspecified atom stereocenters. The summed E-state index contributed by atoms with van der Waals surface area (Å²) >= 11 is 0. The van der Waals surface area contributed by atoms with Gasteiger partial charge in [-0.3, -0.25) is 4.79 Å². The normalized spacial score (nSPS) is 15.7. The highest BCUT2D eigenvalue weighted by molar-refractivity contribution is 6.00. The molecule has 1 aromatic rings. The summed E-state index contributed by atoms with van der Waals surface area (Å²) in [5.41, 5.74) is 2.19. The number of carbonyl (C=O) groups excluding carboxylic acids is 1. The Kier molecular flexibility index (Phi) is 2.09. The zero-order valence-corrected chi connectivity index (χ0v) is 7.16. The van der Waals surface area contributed by atoms with E-state index in [0.717, 1.165) is 11.1 Å². The first kappa shape index (κ1) is 7.99. The molecule has 1 aliphatic carbocycles. The zero-order valence-electron chi connectivity index (χ0n) is 7.16. The van der Waals surface area contributed by atoms with Gasteiger partial charge < -0.3 is 0 Å². The predicted octanol–water partition coefficient (Wildman–Crippen LogP) is 2.40. The quantitative estimate of drug-likeness (QED) is 0.631. The predicted molar refractivity (Wildman–Crippen MR) is 52.0 cm³/mol. The number of carbonyl (C=O) groups is 1. The minimum atomic E-state index is 0.172. The van der Waals surface area contributed by atoms with E-state index < -0.39 is 0 Å². The molecule has 0 aliphatic heterocycles. The lowest BCUT2D eigenvalue weighted by atomic mass is 9.97. The summed E-state index contributed by atoms with van der Waals surface area (Å²) in [6.45, 7) is 0. The molecule has 63 valence electrons. The third-order valence-electron chi connectivity index (χ3n) is 2.03. The van der Waals surface area contributed by atoms with Gasteiger partial charge in [-0.1, -0.05) is 36.4 Å². The maximum Gasteiger partial charge on any atom is 0.160 e. The van der Waals surface area contributed by atoms with Crippen LogP contribution in [0.5, 0.6) is 0 Å². The van der Waals surface area contributed by atoms with Crippen LogP contribution in [0.1, 0.15) is 12.0 Å². The average Bonchev–Trinajstić information content (AvgIpc) is 2.19. The second-order valence-electron chi connectivity index (χ2n) is 2.98. The molecule has 2 rings (SSSR count). The number of hydrogen-bond acceptors (Lipinski definition) is 1. The fourth-order valence-corrected chi connectivity index (χ4v) is 1.38. The average molecular weight is 169 g/mol. The molecule has 0 amide bonds. The SMILES string of the molecule is O=C1C=CC=C(c2cc[c]cc2)C1. The largest absolute Gasteiger partial charge is 0.294 e. The Morgan fingerprint density at radius 2 is 2.00 bits per heavy atom. The Bertz CT molecular complexity index is 371. The molecular weight excluding hydrogens is 160 g/mol. The summed E-state index contributed by atoms with van der Waals surface area (Å²) in [6.07, 6.45) is 5.91. The fourth-order valence-electron chi connectivity index (χ4n) is 1.38. The second kappa shape index (κ2) is 3.40. The molecule has 13 heavy (non-hydrogen) atoms. The summed E-state index contributed by atoms with van der Waals surface area (Å²) < 4.78 is 0. The Labute approximate surface area is 77.4 Å². The van der Waals surface area contributed by atoms with Crippen molar-refractivity contribution >= 4 is 11.4 Å². The summed E-state index contributed by atoms with van der Waals surface area (Å²) in [7, 11) is 0. The Hall–Kier alpha value is -1.63. The molecule has 1 radical (unpaired) electrons. The van der Waals surface area contributed by atoms with E-state index in [1.54, 1.807) is 12.2 Å². The summed E-state index contributed by atoms with van der Waals surface area (Å²) in [4.78, 5) is 11.1. The van der Waals surface area contributed by atoms with Crippen LogP contribution in [-0.4, -0.2) is 5.78 Å². The third-order valence-corrected chi connectivity index (χ3v) is 2.03. The van der Waals surface area contributed by atoms with Crippen molar-refractivity contribution in [1.29, 1.82) is 0 Å². The first-order valence-electron chi connectivity index (χ1n) is 4.23. The van der Waals surface area contributed by atoms with Crippen LogP contribution in [0.3, 0.4) is 0 Å². The van der Waals surface area contributed by atoms with E-state index >= 15 is 0 Å². The van der Waals surface area contributed by atoms with Crippen LogP contribution in [0, 0.1) is 6.07 Å². The first-order chi connectivity index (χ1) is 6.36. The van der Waals surface area contributed by atoms with Crippen molar-refractivity contribution in [2.75, 3.05) is 0 Å². The van der Waals surface area contributed by atoms with Crippen LogP contribution in [0.4, 0.5) is 0 Å². The van der Waals surface area contributed by atoms with Gasteiger partial charge in [0, 0.05) is 6.42 Å². The van der Waals surface area contributed by atoms with E-state index in [-0.39, 0.29) is 5.78 Å². The highest BCUT2D eigenvalue weighted by Gasteiger charge is 2.07. The van der Waals surface area contributed by atoms with E-state index in [0.29, 0.717) is 6.42 Å². The number of ketones is 1. The van der Waals surface area contributed by atoms with Gasteiger partial charge in [-0.25, -0.2) is 0 Å². The molecule has 1 heteroatoms. The van der Waals surface area contributed by atoms with Gasteiger partial charge in [0.05, 0.1) is 0 Å². The van der Waals surface area contributed by atoms with Gasteiger partial charge in [-0.15, -0.1) is 0 Å². The van der Waals surface area contributed by atoms with Crippen LogP contribution in [0.15, 0.2) is 42.5 Å². The molecule has 1 aromatic carbocycles. The van der Waals surface area contributed by atoms with Gasteiger partial charge >= 0.3 is 0 Å². The molecular formula is C12H9O. The van der Waals surface area contributed by atoms with Crippen LogP contribution < -0.4 is 0 Å². The van der Waals surface area contributed by atoms with Gasteiger partial charge in [0.2, 0.25) is 0 Å². The number of benzene rings is 1. The Balaban J connectivity index is 2.33. The van der Waals surface area contributed by atoms with E-state index in [1.165, 1.54) is 0 Å². The molecule has 0 atom stereocenters. The standard InChI is InChI=1S/C12H9O/c13-12-8-4-7-11(9-12)10-5-2-1-3-6-10/h2-8H,9H2. The van der Waals surface area contributed by atoms with Crippen molar-refractivity contribution in [1.82, 2.24) is 0 Å². The van der Waals surface area contributed by atoms with Crippen molar-refractivity contribution in [2.24, 2.45) is 0 Å². The van der Waals surface area contributed by atoms with Gasteiger partial charge in [0.25, 0.3) is 0 Å². The van der Waals surface area contributed by atoms with E-state index in [1.807, 2.05) is 30.3 Å². The molecule has 1 aliphatic rings. The summed E-state index contributed by atoms with van der Waals surface area (Å²) in [6, 6.07) is 10.6. The van der Waals surface area contributed by atoms with Crippen molar-refractivity contribution in [2.45, 2.75) is 6.42 Å². The van der Waals surface area contributed by atoms with Gasteiger partial charge in [0.1, 0.15) is 0 Å². The van der Waals surface area contributed by atoms with Crippen LogP contribution in [0.25, 0.3) is 5.57 Å². The molecule has 0 heterocycles. The molecule has 0 N–H and O–H groups in total. The Morgan fingerprint density at radius 3 is 2.69 bits per heavy atom. The Morgan fingerprint density at radius 1 is 1.23 bits per heavy atom. The fraction of sp³-hybridized carbons (Fsp3) is 0.0833. The van der Waals surface area contributed by atoms with Crippen LogP contribution >= 0.6 is 0 Å². The first-order valence-corrected chi connectivity index (χ1v) is 4.23. The smallest absolute Gasteiger partial charge is 0.160 e. The maximum atomic E-state index is 11.1. The molecule has 0 saturated carbocycles. The van der Waals surface area contributed by atoms with Crippen molar-refractivity contribution in [3.8, 4) is 0 Å². The number of allylic oxidation sites excluding steroid dienone is 4. The lowest BCUT2D eigenvalue weighted by Crippen LogP contribution is -1.98. The molecule has 0 spiro atoms. The third kappa shape index (κ3) is 1.75. The topological polar surface area (TPSA) is 17.1 Å².